The average molecular weight is 279 g/mol. The van der Waals surface area contributed by atoms with Gasteiger partial charge in [-0.3, -0.25) is 4.55 Å². The van der Waals surface area contributed by atoms with E-state index in [1.54, 1.807) is 6.07 Å². The zero-order chi connectivity index (χ0) is 14.0. The molecule has 4 nitrogen and oxygen atoms in total. The third-order valence-electron chi connectivity index (χ3n) is 3.20. The molecule has 0 aliphatic heterocycles. The first-order valence-corrected chi connectivity index (χ1v) is 7.49. The van der Waals surface area contributed by atoms with Crippen LogP contribution in [0, 0.1) is 6.92 Å². The third-order valence-corrected chi connectivity index (χ3v) is 4.15. The molecular formula is C14H17NO3S. The second-order valence-corrected chi connectivity index (χ2v) is 6.09. The molecule has 5 heteroatoms. The molecule has 0 bridgehead atoms. The van der Waals surface area contributed by atoms with Gasteiger partial charge in [-0.05, 0) is 43.5 Å². The highest BCUT2D eigenvalue weighted by atomic mass is 32.2. The van der Waals surface area contributed by atoms with E-state index >= 15 is 0 Å². The maximum Gasteiger partial charge on any atom is 0.294 e. The fourth-order valence-electron chi connectivity index (χ4n) is 2.17. The van der Waals surface area contributed by atoms with Gasteiger partial charge in [-0.2, -0.15) is 8.42 Å². The van der Waals surface area contributed by atoms with Crippen molar-refractivity contribution in [1.29, 1.82) is 0 Å². The van der Waals surface area contributed by atoms with Crippen LogP contribution in [0.1, 0.15) is 16.8 Å². The molecule has 0 saturated heterocycles. The molecule has 0 fully saturated rings. The van der Waals surface area contributed by atoms with E-state index in [4.69, 9.17) is 0 Å². The van der Waals surface area contributed by atoms with E-state index in [1.165, 1.54) is 6.07 Å². The van der Waals surface area contributed by atoms with Crippen LogP contribution >= 0.6 is 0 Å². The van der Waals surface area contributed by atoms with Crippen molar-refractivity contribution in [3.8, 4) is 0 Å². The van der Waals surface area contributed by atoms with Crippen molar-refractivity contribution in [1.82, 2.24) is 4.57 Å². The van der Waals surface area contributed by atoms with Crippen molar-refractivity contribution < 1.29 is 13.0 Å². The normalized spacial score (nSPS) is 11.7. The van der Waals surface area contributed by atoms with Crippen LogP contribution in [0.5, 0.6) is 0 Å². The van der Waals surface area contributed by atoms with Crippen LogP contribution in [-0.4, -0.2) is 17.5 Å². The van der Waals surface area contributed by atoms with E-state index in [2.05, 4.69) is 0 Å². The molecular weight excluding hydrogens is 262 g/mol. The van der Waals surface area contributed by atoms with Crippen LogP contribution < -0.4 is 0 Å². The Hall–Kier alpha value is -1.59. The van der Waals surface area contributed by atoms with E-state index in [-0.39, 0.29) is 4.90 Å². The van der Waals surface area contributed by atoms with E-state index in [0.717, 1.165) is 17.7 Å². The third kappa shape index (κ3) is 3.24. The fraction of sp³-hybridized carbons (Fsp3) is 0.286. The minimum atomic E-state index is -4.16. The molecule has 2 rings (SSSR count). The predicted octanol–water partition coefficient (Wildman–Crippen LogP) is 2.37. The second-order valence-electron chi connectivity index (χ2n) is 4.70. The smallest absolute Gasteiger partial charge is 0.294 e. The summed E-state index contributed by atoms with van der Waals surface area (Å²) in [5.74, 6) is 0. The number of benzene rings is 1. The van der Waals surface area contributed by atoms with Crippen LogP contribution in [0.4, 0.5) is 0 Å². The summed E-state index contributed by atoms with van der Waals surface area (Å²) in [4.78, 5) is 0.00677. The number of rotatable bonds is 4. The van der Waals surface area contributed by atoms with Crippen molar-refractivity contribution in [3.63, 3.8) is 0 Å². The molecule has 102 valence electrons. The van der Waals surface area contributed by atoms with Crippen molar-refractivity contribution >= 4 is 10.1 Å². The summed E-state index contributed by atoms with van der Waals surface area (Å²) in [6.45, 7) is 1.90. The Balaban J connectivity index is 2.29. The molecule has 1 heterocycles. The van der Waals surface area contributed by atoms with Crippen LogP contribution in [0.3, 0.4) is 0 Å². The number of aryl methyl sites for hydroxylation is 4. The van der Waals surface area contributed by atoms with Crippen LogP contribution in [0.25, 0.3) is 0 Å². The van der Waals surface area contributed by atoms with Crippen LogP contribution in [0.15, 0.2) is 41.4 Å². The molecule has 2 aromatic rings. The molecule has 0 amide bonds. The molecule has 0 radical (unpaired) electrons. The summed E-state index contributed by atoms with van der Waals surface area (Å²) in [6.07, 6.45) is 3.26. The topological polar surface area (TPSA) is 59.3 Å². The van der Waals surface area contributed by atoms with Gasteiger partial charge in [0.1, 0.15) is 0 Å². The highest BCUT2D eigenvalue weighted by molar-refractivity contribution is 7.85. The minimum Gasteiger partial charge on any atom is -0.354 e. The minimum absolute atomic E-state index is 0.00677. The first-order valence-electron chi connectivity index (χ1n) is 6.05. The molecule has 0 aliphatic carbocycles. The maximum atomic E-state index is 11.3. The van der Waals surface area contributed by atoms with Gasteiger partial charge in [-0.1, -0.05) is 17.7 Å². The second kappa shape index (κ2) is 5.19. The Morgan fingerprint density at radius 3 is 2.53 bits per heavy atom. The van der Waals surface area contributed by atoms with E-state index < -0.39 is 10.1 Å². The van der Waals surface area contributed by atoms with Crippen molar-refractivity contribution in [3.05, 3.63) is 53.3 Å². The van der Waals surface area contributed by atoms with E-state index in [0.29, 0.717) is 12.0 Å². The molecule has 1 aromatic heterocycles. The number of hydrogen-bond acceptors (Lipinski definition) is 2. The van der Waals surface area contributed by atoms with Gasteiger partial charge in [0.25, 0.3) is 10.1 Å². The lowest BCUT2D eigenvalue weighted by atomic mass is 10.1. The largest absolute Gasteiger partial charge is 0.354 e. The predicted molar refractivity (Wildman–Crippen MR) is 73.8 cm³/mol. The van der Waals surface area contributed by atoms with Gasteiger partial charge < -0.3 is 4.57 Å². The highest BCUT2D eigenvalue weighted by Crippen LogP contribution is 2.19. The lowest BCUT2D eigenvalue weighted by molar-refractivity contribution is 0.482. The summed E-state index contributed by atoms with van der Waals surface area (Å²) in [5.41, 5.74) is 2.76. The van der Waals surface area contributed by atoms with Crippen molar-refractivity contribution in [2.45, 2.75) is 24.7 Å². The van der Waals surface area contributed by atoms with Crippen molar-refractivity contribution in [2.24, 2.45) is 7.05 Å². The van der Waals surface area contributed by atoms with E-state index in [9.17, 15) is 13.0 Å². The Kier molecular flexibility index (Phi) is 3.78. The molecule has 0 aliphatic rings. The van der Waals surface area contributed by atoms with Crippen LogP contribution in [-0.2, 0) is 30.0 Å². The zero-order valence-corrected chi connectivity index (χ0v) is 11.8. The Bertz CT molecular complexity index is 686. The first-order chi connectivity index (χ1) is 8.88. The molecule has 1 aromatic carbocycles. The van der Waals surface area contributed by atoms with Gasteiger partial charge in [0.2, 0.25) is 0 Å². The lowest BCUT2D eigenvalue weighted by Crippen LogP contribution is -2.06. The Morgan fingerprint density at radius 1 is 1.21 bits per heavy atom. The van der Waals surface area contributed by atoms with Gasteiger partial charge >= 0.3 is 0 Å². The SMILES string of the molecule is Cc1ccc(S(=O)(=O)O)c(CCc2cccn2C)c1. The molecule has 0 saturated carbocycles. The molecule has 19 heavy (non-hydrogen) atoms. The van der Waals surface area contributed by atoms with Gasteiger partial charge in [0, 0.05) is 18.9 Å². The van der Waals surface area contributed by atoms with Gasteiger partial charge in [0.05, 0.1) is 4.90 Å². The average Bonchev–Trinajstić information content (AvgIpc) is 2.70. The van der Waals surface area contributed by atoms with Gasteiger partial charge in [-0.15, -0.1) is 0 Å². The van der Waals surface area contributed by atoms with Crippen LogP contribution in [0.2, 0.25) is 0 Å². The Morgan fingerprint density at radius 2 is 1.95 bits per heavy atom. The summed E-state index contributed by atoms with van der Waals surface area (Å²) >= 11 is 0. The van der Waals surface area contributed by atoms with Gasteiger partial charge in [0.15, 0.2) is 0 Å². The molecule has 0 atom stereocenters. The molecule has 0 unspecified atom stereocenters. The summed E-state index contributed by atoms with van der Waals surface area (Å²) in [5, 5.41) is 0. The summed E-state index contributed by atoms with van der Waals surface area (Å²) in [7, 11) is -2.20. The highest BCUT2D eigenvalue weighted by Gasteiger charge is 2.15. The summed E-state index contributed by atoms with van der Waals surface area (Å²) < 4.78 is 33.9. The lowest BCUT2D eigenvalue weighted by Gasteiger charge is -2.09. The number of aromatic nitrogens is 1. The van der Waals surface area contributed by atoms with Gasteiger partial charge in [-0.25, -0.2) is 0 Å². The standard InChI is InChI=1S/C14H17NO3S/c1-11-5-8-14(19(16,17)18)12(10-11)6-7-13-4-3-9-15(13)2/h3-5,8-10H,6-7H2,1-2H3,(H,16,17,18). The summed E-state index contributed by atoms with van der Waals surface area (Å²) in [6, 6.07) is 8.92. The maximum absolute atomic E-state index is 11.3. The molecule has 0 spiro atoms. The van der Waals surface area contributed by atoms with E-state index in [1.807, 2.05) is 42.9 Å². The first kappa shape index (κ1) is 13.8. The molecule has 1 N–H and O–H groups in total. The zero-order valence-electron chi connectivity index (χ0n) is 11.0. The number of hydrogen-bond donors (Lipinski definition) is 1. The monoisotopic (exact) mass is 279 g/mol. The quantitative estimate of drug-likeness (QED) is 0.874. The Labute approximate surface area is 113 Å². The fourth-order valence-corrected chi connectivity index (χ4v) is 2.91. The number of nitrogens with zero attached hydrogens (tertiary/aromatic N) is 1. The van der Waals surface area contributed by atoms with Crippen molar-refractivity contribution in [2.75, 3.05) is 0 Å².